The smallest absolute Gasteiger partial charge is 0.244 e. The number of amides is 1. The van der Waals surface area contributed by atoms with Crippen molar-refractivity contribution in [1.29, 1.82) is 5.41 Å². The minimum atomic E-state index is -4.72. The number of rotatable bonds is 5. The van der Waals surface area contributed by atoms with Crippen LogP contribution < -0.4 is 16.6 Å². The summed E-state index contributed by atoms with van der Waals surface area (Å²) in [5, 5.41) is 34.8. The lowest BCUT2D eigenvalue weighted by molar-refractivity contribution is -0.114. The fourth-order valence-electron chi connectivity index (χ4n) is 3.85. The highest BCUT2D eigenvalue weighted by molar-refractivity contribution is 7.90. The summed E-state index contributed by atoms with van der Waals surface area (Å²) in [6, 6.07) is 10.4. The topological polar surface area (TPSA) is 222 Å². The molecule has 10 N–H and O–H groups in total. The molecule has 11 nitrogen and oxygen atoms in total. The number of aliphatic hydroxyl groups excluding tert-OH is 1. The number of H-pyrrole nitrogens is 1. The van der Waals surface area contributed by atoms with Gasteiger partial charge in [0.1, 0.15) is 23.2 Å². The fraction of sp³-hybridized carbons (Fsp3) is 0.0952. The van der Waals surface area contributed by atoms with Gasteiger partial charge in [0.25, 0.3) is 0 Å². The van der Waals surface area contributed by atoms with E-state index < -0.39 is 26.4 Å². The van der Waals surface area contributed by atoms with Gasteiger partial charge < -0.3 is 26.7 Å². The van der Waals surface area contributed by atoms with Crippen molar-refractivity contribution in [3.8, 4) is 5.75 Å². The second-order valence-electron chi connectivity index (χ2n) is 7.57. The van der Waals surface area contributed by atoms with Crippen LogP contribution >= 0.6 is 0 Å². The van der Waals surface area contributed by atoms with Crippen LogP contribution in [-0.2, 0) is 19.6 Å². The first-order valence-electron chi connectivity index (χ1n) is 9.55. The van der Waals surface area contributed by atoms with Crippen molar-refractivity contribution in [2.75, 3.05) is 0 Å². The number of hydrogen-bond donors (Lipinski definition) is 7. The van der Waals surface area contributed by atoms with E-state index >= 15 is 0 Å². The average molecular weight is 468 g/mol. The summed E-state index contributed by atoms with van der Waals surface area (Å²) in [5.41, 5.74) is 11.9. The van der Waals surface area contributed by atoms with E-state index in [2.05, 4.69) is 9.97 Å². The number of phenolic OH excluding ortho intramolecular Hbond substituents is 1. The summed E-state index contributed by atoms with van der Waals surface area (Å²) in [4.78, 5) is 19.3. The first-order valence-corrected chi connectivity index (χ1v) is 11.1. The zero-order valence-electron chi connectivity index (χ0n) is 17.0. The second kappa shape index (κ2) is 7.46. The standard InChI is InChI=1S/C21H20N6O5S/c22-18(23)10-5-6-14-15(8-10)27-20(26-14)21(33(25,31)32)9-11(19(24)30)7-13(17(21)29)12-3-1-2-4-16(12)28/h1-6,8-9,28-29H,7H2,(H3,22,23)(H2,24,30)(H,26,27)(H2,25,31,32). The van der Waals surface area contributed by atoms with Crippen molar-refractivity contribution in [3.63, 3.8) is 0 Å². The zero-order chi connectivity index (χ0) is 24.1. The number of nitrogens with zero attached hydrogens (tertiary/aromatic N) is 1. The minimum Gasteiger partial charge on any atom is -0.509 e. The van der Waals surface area contributed by atoms with Gasteiger partial charge in [-0.1, -0.05) is 18.2 Å². The molecular weight excluding hydrogens is 448 g/mol. The van der Waals surface area contributed by atoms with Gasteiger partial charge >= 0.3 is 0 Å². The van der Waals surface area contributed by atoms with Crippen LogP contribution in [0.25, 0.3) is 16.6 Å². The number of amidine groups is 1. The lowest BCUT2D eigenvalue weighted by atomic mass is 9.84. The van der Waals surface area contributed by atoms with Gasteiger partial charge in [-0.2, -0.15) is 0 Å². The number of benzene rings is 2. The Morgan fingerprint density at radius 2 is 1.85 bits per heavy atom. The summed E-state index contributed by atoms with van der Waals surface area (Å²) in [5.74, 6) is -2.44. The molecule has 3 aromatic rings. The molecule has 2 aromatic carbocycles. The molecule has 33 heavy (non-hydrogen) atoms. The maximum absolute atomic E-state index is 13.0. The molecule has 0 saturated carbocycles. The predicted molar refractivity (Wildman–Crippen MR) is 121 cm³/mol. The molecule has 1 heterocycles. The molecule has 0 radical (unpaired) electrons. The van der Waals surface area contributed by atoms with E-state index in [-0.39, 0.29) is 46.1 Å². The van der Waals surface area contributed by atoms with Crippen molar-refractivity contribution in [1.82, 2.24) is 9.97 Å². The molecule has 4 rings (SSSR count). The minimum absolute atomic E-state index is 0.0525. The lowest BCUT2D eigenvalue weighted by Gasteiger charge is -2.32. The van der Waals surface area contributed by atoms with Gasteiger partial charge in [0.15, 0.2) is 0 Å². The number of carbonyl (C=O) groups excluding carboxylic acids is 1. The van der Waals surface area contributed by atoms with Crippen molar-refractivity contribution < 1.29 is 23.4 Å². The van der Waals surface area contributed by atoms with Gasteiger partial charge in [-0.05, 0) is 30.3 Å². The van der Waals surface area contributed by atoms with E-state index in [1.807, 2.05) is 0 Å². The molecule has 1 atom stereocenters. The summed E-state index contributed by atoms with van der Waals surface area (Å²) < 4.78 is 23.5. The molecule has 12 heteroatoms. The number of aromatic hydroxyl groups is 1. The Bertz CT molecular complexity index is 1500. The third-order valence-corrected chi connectivity index (χ3v) is 6.92. The molecular formula is C21H20N6O5S. The van der Waals surface area contributed by atoms with E-state index in [4.69, 9.17) is 22.0 Å². The number of imidazole rings is 1. The Morgan fingerprint density at radius 1 is 1.15 bits per heavy atom. The Labute approximate surface area is 187 Å². The highest BCUT2D eigenvalue weighted by atomic mass is 32.2. The van der Waals surface area contributed by atoms with Gasteiger partial charge in [-0.15, -0.1) is 0 Å². The number of primary amides is 1. The number of fused-ring (bicyclic) bond motifs is 1. The maximum atomic E-state index is 13.0. The van der Waals surface area contributed by atoms with E-state index in [0.717, 1.165) is 6.08 Å². The molecule has 0 aliphatic heterocycles. The SMILES string of the molecule is N=C(N)c1ccc2[nH]c(C3(S(N)(=O)=O)C=C(C(N)=O)CC(c4ccccc4O)=C3O)nc2c1. The first-order chi connectivity index (χ1) is 15.5. The van der Waals surface area contributed by atoms with E-state index in [1.165, 1.54) is 30.3 Å². The normalized spacial score (nSPS) is 18.9. The Hall–Kier alpha value is -4.16. The number of aliphatic hydroxyl groups is 1. The quantitative estimate of drug-likeness (QED) is 0.211. The molecule has 1 unspecified atom stereocenters. The number of sulfonamides is 1. The summed E-state index contributed by atoms with van der Waals surface area (Å²) in [6.07, 6.45) is 0.720. The molecule has 1 aliphatic rings. The number of aromatic amines is 1. The van der Waals surface area contributed by atoms with Crippen molar-refractivity contribution >= 4 is 38.4 Å². The third-order valence-electron chi connectivity index (χ3n) is 5.52. The summed E-state index contributed by atoms with van der Waals surface area (Å²) >= 11 is 0. The van der Waals surface area contributed by atoms with Gasteiger partial charge in [0, 0.05) is 28.7 Å². The molecule has 0 saturated heterocycles. The molecule has 0 bridgehead atoms. The number of nitrogen functional groups attached to an aromatic ring is 1. The van der Waals surface area contributed by atoms with Gasteiger partial charge in [-0.3, -0.25) is 10.2 Å². The monoisotopic (exact) mass is 468 g/mol. The van der Waals surface area contributed by atoms with Crippen LogP contribution in [0.2, 0.25) is 0 Å². The van der Waals surface area contributed by atoms with Crippen LogP contribution in [0, 0.1) is 5.41 Å². The number of primary sulfonamides is 1. The number of carbonyl (C=O) groups is 1. The number of hydrogen-bond acceptors (Lipinski definition) is 7. The Morgan fingerprint density at radius 3 is 2.45 bits per heavy atom. The van der Waals surface area contributed by atoms with Crippen molar-refractivity contribution in [2.24, 2.45) is 16.6 Å². The van der Waals surface area contributed by atoms with Crippen LogP contribution in [0.3, 0.4) is 0 Å². The molecule has 1 aliphatic carbocycles. The number of phenols is 1. The number of nitrogens with two attached hydrogens (primary N) is 3. The molecule has 1 amide bonds. The van der Waals surface area contributed by atoms with Crippen LogP contribution in [-0.4, -0.2) is 40.3 Å². The lowest BCUT2D eigenvalue weighted by Crippen LogP contribution is -2.44. The molecule has 0 fully saturated rings. The third kappa shape index (κ3) is 3.41. The van der Waals surface area contributed by atoms with Crippen LogP contribution in [0.4, 0.5) is 0 Å². The summed E-state index contributed by atoms with van der Waals surface area (Å²) in [6.45, 7) is 0. The van der Waals surface area contributed by atoms with Crippen LogP contribution in [0.1, 0.15) is 23.4 Å². The maximum Gasteiger partial charge on any atom is 0.244 e. The fourth-order valence-corrected chi connectivity index (χ4v) is 4.92. The predicted octanol–water partition coefficient (Wildman–Crippen LogP) is 0.821. The van der Waals surface area contributed by atoms with E-state index in [9.17, 15) is 23.4 Å². The average Bonchev–Trinajstić information content (AvgIpc) is 3.17. The second-order valence-corrected chi connectivity index (χ2v) is 9.30. The zero-order valence-corrected chi connectivity index (χ0v) is 17.8. The molecule has 0 spiro atoms. The number of nitrogens with one attached hydrogen (secondary N) is 2. The van der Waals surface area contributed by atoms with E-state index in [0.29, 0.717) is 11.1 Å². The molecule has 170 valence electrons. The first kappa shape index (κ1) is 22.0. The Kier molecular flexibility index (Phi) is 4.99. The van der Waals surface area contributed by atoms with Crippen LogP contribution in [0.15, 0.2) is 59.9 Å². The van der Waals surface area contributed by atoms with Gasteiger partial charge in [0.2, 0.25) is 20.7 Å². The van der Waals surface area contributed by atoms with Crippen molar-refractivity contribution in [3.05, 3.63) is 76.8 Å². The number of allylic oxidation sites excluding steroid dienone is 1. The molecule has 1 aromatic heterocycles. The van der Waals surface area contributed by atoms with Crippen molar-refractivity contribution in [2.45, 2.75) is 11.2 Å². The Balaban J connectivity index is 2.09. The number of aromatic nitrogens is 2. The van der Waals surface area contributed by atoms with Gasteiger partial charge in [-0.25, -0.2) is 18.5 Å². The highest BCUT2D eigenvalue weighted by Crippen LogP contribution is 2.47. The largest absolute Gasteiger partial charge is 0.509 e. The van der Waals surface area contributed by atoms with Crippen LogP contribution in [0.5, 0.6) is 5.75 Å². The summed E-state index contributed by atoms with van der Waals surface area (Å²) in [7, 11) is -4.72. The number of para-hydroxylation sites is 1. The van der Waals surface area contributed by atoms with Gasteiger partial charge in [0.05, 0.1) is 11.0 Å². The highest BCUT2D eigenvalue weighted by Gasteiger charge is 2.53. The van der Waals surface area contributed by atoms with E-state index in [1.54, 1.807) is 12.1 Å².